The van der Waals surface area contributed by atoms with Crippen molar-refractivity contribution < 1.29 is 8.78 Å². The molecule has 3 heteroatoms. The minimum absolute atomic E-state index is 0.0905. The molecule has 0 saturated carbocycles. The van der Waals surface area contributed by atoms with E-state index in [4.69, 9.17) is 5.73 Å². The van der Waals surface area contributed by atoms with Crippen LogP contribution < -0.4 is 5.73 Å². The van der Waals surface area contributed by atoms with E-state index in [9.17, 15) is 8.78 Å². The van der Waals surface area contributed by atoms with Crippen molar-refractivity contribution in [3.05, 3.63) is 35.4 Å². The van der Waals surface area contributed by atoms with Gasteiger partial charge in [0, 0.05) is 12.5 Å². The Bertz CT molecular complexity index is 305. The number of benzene rings is 1. The molecule has 0 bridgehead atoms. The molecule has 0 atom stereocenters. The van der Waals surface area contributed by atoms with Gasteiger partial charge in [-0.1, -0.05) is 18.2 Å². The first-order chi connectivity index (χ1) is 7.04. The van der Waals surface area contributed by atoms with Crippen LogP contribution in [0, 0.1) is 0 Å². The first kappa shape index (κ1) is 12.1. The van der Waals surface area contributed by atoms with Crippen molar-refractivity contribution in [3.63, 3.8) is 0 Å². The van der Waals surface area contributed by atoms with E-state index in [1.165, 1.54) is 6.07 Å². The van der Waals surface area contributed by atoms with Crippen molar-refractivity contribution in [1.82, 2.24) is 0 Å². The molecule has 0 fully saturated rings. The number of unbranched alkanes of at least 4 members (excludes halogenated alkanes) is 1. The quantitative estimate of drug-likeness (QED) is 0.747. The third kappa shape index (κ3) is 3.96. The molecule has 0 aliphatic rings. The van der Waals surface area contributed by atoms with Crippen molar-refractivity contribution >= 4 is 0 Å². The molecule has 15 heavy (non-hydrogen) atoms. The number of halogens is 2. The highest BCUT2D eigenvalue weighted by Gasteiger charge is 2.23. The van der Waals surface area contributed by atoms with E-state index in [1.54, 1.807) is 12.1 Å². The van der Waals surface area contributed by atoms with Gasteiger partial charge in [0.1, 0.15) is 0 Å². The Hall–Kier alpha value is -0.960. The molecule has 0 saturated heterocycles. The molecule has 0 aliphatic carbocycles. The summed E-state index contributed by atoms with van der Waals surface area (Å²) in [6.07, 6.45) is 2.71. The van der Waals surface area contributed by atoms with Gasteiger partial charge >= 0.3 is 0 Å². The Morgan fingerprint density at radius 2 is 2.00 bits per heavy atom. The van der Waals surface area contributed by atoms with Gasteiger partial charge < -0.3 is 5.73 Å². The number of rotatable bonds is 5. The van der Waals surface area contributed by atoms with E-state index >= 15 is 0 Å². The second-order valence-corrected chi connectivity index (χ2v) is 3.83. The van der Waals surface area contributed by atoms with Crippen LogP contribution in [0.5, 0.6) is 0 Å². The van der Waals surface area contributed by atoms with Crippen molar-refractivity contribution in [1.29, 1.82) is 0 Å². The second kappa shape index (κ2) is 5.21. The monoisotopic (exact) mass is 213 g/mol. The predicted molar refractivity (Wildman–Crippen MR) is 58.0 cm³/mol. The Balaban J connectivity index is 2.66. The maximum atomic E-state index is 13.0. The molecule has 1 rings (SSSR count). The molecule has 1 nitrogen and oxygen atoms in total. The molecule has 84 valence electrons. The van der Waals surface area contributed by atoms with Gasteiger partial charge in [-0.3, -0.25) is 0 Å². The summed E-state index contributed by atoms with van der Waals surface area (Å²) >= 11 is 0. The summed E-state index contributed by atoms with van der Waals surface area (Å²) < 4.78 is 26.0. The van der Waals surface area contributed by atoms with Crippen LogP contribution in [0.15, 0.2) is 24.3 Å². The van der Waals surface area contributed by atoms with Crippen molar-refractivity contribution in [3.8, 4) is 0 Å². The molecule has 1 aromatic rings. The number of nitrogens with two attached hydrogens (primary N) is 1. The fourth-order valence-electron chi connectivity index (χ4n) is 1.47. The largest absolute Gasteiger partial charge is 0.330 e. The molecule has 0 heterocycles. The average molecular weight is 213 g/mol. The molecule has 0 aliphatic heterocycles. The van der Waals surface area contributed by atoms with E-state index < -0.39 is 5.92 Å². The molecule has 0 unspecified atom stereocenters. The number of hydrogen-bond donors (Lipinski definition) is 1. The lowest BCUT2D eigenvalue weighted by molar-refractivity contribution is 0.0174. The lowest BCUT2D eigenvalue weighted by Crippen LogP contribution is -2.07. The number of hydrogen-bond acceptors (Lipinski definition) is 1. The molecule has 0 aromatic heterocycles. The summed E-state index contributed by atoms with van der Waals surface area (Å²) in [5.41, 5.74) is 6.42. The van der Waals surface area contributed by atoms with Gasteiger partial charge in [-0.15, -0.1) is 0 Å². The SMILES string of the molecule is CC(F)(F)c1cccc(CCCCN)c1. The lowest BCUT2D eigenvalue weighted by atomic mass is 10.0. The molecule has 0 amide bonds. The van der Waals surface area contributed by atoms with E-state index in [0.29, 0.717) is 6.54 Å². The standard InChI is InChI=1S/C12H17F2N/c1-12(13,14)11-7-4-6-10(9-11)5-2-3-8-15/h4,6-7,9H,2-3,5,8,15H2,1H3. The Morgan fingerprint density at radius 3 is 2.60 bits per heavy atom. The summed E-state index contributed by atoms with van der Waals surface area (Å²) in [5.74, 6) is -2.75. The van der Waals surface area contributed by atoms with Gasteiger partial charge in [0.05, 0.1) is 0 Å². The van der Waals surface area contributed by atoms with Crippen LogP contribution in [0.4, 0.5) is 8.78 Å². The zero-order chi connectivity index (χ0) is 11.3. The number of alkyl halides is 2. The van der Waals surface area contributed by atoms with E-state index in [0.717, 1.165) is 31.7 Å². The molecule has 0 spiro atoms. The van der Waals surface area contributed by atoms with Crippen LogP contribution in [-0.4, -0.2) is 6.54 Å². The lowest BCUT2D eigenvalue weighted by Gasteiger charge is -2.11. The van der Waals surface area contributed by atoms with E-state index in [-0.39, 0.29) is 5.56 Å². The Morgan fingerprint density at radius 1 is 1.27 bits per heavy atom. The van der Waals surface area contributed by atoms with Crippen LogP contribution in [0.1, 0.15) is 30.9 Å². The first-order valence-electron chi connectivity index (χ1n) is 5.21. The van der Waals surface area contributed by atoms with Crippen LogP contribution in [0.3, 0.4) is 0 Å². The van der Waals surface area contributed by atoms with Gasteiger partial charge in [0.2, 0.25) is 0 Å². The van der Waals surface area contributed by atoms with Crippen molar-refractivity contribution in [2.24, 2.45) is 5.73 Å². The van der Waals surface area contributed by atoms with Gasteiger partial charge in [-0.25, -0.2) is 8.78 Å². The Labute approximate surface area is 89.3 Å². The zero-order valence-electron chi connectivity index (χ0n) is 8.97. The van der Waals surface area contributed by atoms with E-state index in [2.05, 4.69) is 0 Å². The minimum Gasteiger partial charge on any atom is -0.330 e. The molecule has 2 N–H and O–H groups in total. The fraction of sp³-hybridized carbons (Fsp3) is 0.500. The van der Waals surface area contributed by atoms with Gasteiger partial charge in [0.25, 0.3) is 5.92 Å². The van der Waals surface area contributed by atoms with Gasteiger partial charge in [0.15, 0.2) is 0 Å². The summed E-state index contributed by atoms with van der Waals surface area (Å²) in [7, 11) is 0. The fourth-order valence-corrected chi connectivity index (χ4v) is 1.47. The van der Waals surface area contributed by atoms with Gasteiger partial charge in [-0.05, 0) is 37.4 Å². The van der Waals surface area contributed by atoms with Crippen molar-refractivity contribution in [2.75, 3.05) is 6.54 Å². The summed E-state index contributed by atoms with van der Waals surface area (Å²) in [5, 5.41) is 0. The van der Waals surface area contributed by atoms with Crippen LogP contribution in [0.25, 0.3) is 0 Å². The topological polar surface area (TPSA) is 26.0 Å². The zero-order valence-corrected chi connectivity index (χ0v) is 8.97. The minimum atomic E-state index is -2.75. The smallest absolute Gasteiger partial charge is 0.270 e. The normalized spacial score (nSPS) is 11.7. The predicted octanol–water partition coefficient (Wildman–Crippen LogP) is 3.08. The van der Waals surface area contributed by atoms with Crippen LogP contribution in [-0.2, 0) is 12.3 Å². The van der Waals surface area contributed by atoms with Crippen LogP contribution >= 0.6 is 0 Å². The van der Waals surface area contributed by atoms with E-state index in [1.807, 2.05) is 6.07 Å². The summed E-state index contributed by atoms with van der Waals surface area (Å²) in [6.45, 7) is 1.58. The summed E-state index contributed by atoms with van der Waals surface area (Å²) in [4.78, 5) is 0. The van der Waals surface area contributed by atoms with Gasteiger partial charge in [-0.2, -0.15) is 0 Å². The molecular weight excluding hydrogens is 196 g/mol. The first-order valence-corrected chi connectivity index (χ1v) is 5.21. The maximum absolute atomic E-state index is 13.0. The molecular formula is C12H17F2N. The second-order valence-electron chi connectivity index (χ2n) is 3.83. The van der Waals surface area contributed by atoms with Crippen LogP contribution in [0.2, 0.25) is 0 Å². The average Bonchev–Trinajstić information content (AvgIpc) is 2.17. The molecule has 0 radical (unpaired) electrons. The molecule has 1 aromatic carbocycles. The van der Waals surface area contributed by atoms with Crippen molar-refractivity contribution in [2.45, 2.75) is 32.1 Å². The highest BCUT2D eigenvalue weighted by Crippen LogP contribution is 2.27. The maximum Gasteiger partial charge on any atom is 0.270 e. The highest BCUT2D eigenvalue weighted by molar-refractivity contribution is 5.26. The summed E-state index contributed by atoms with van der Waals surface area (Å²) in [6, 6.07) is 6.61. The third-order valence-corrected chi connectivity index (χ3v) is 2.35. The number of aryl methyl sites for hydroxylation is 1. The third-order valence-electron chi connectivity index (χ3n) is 2.35. The highest BCUT2D eigenvalue weighted by atomic mass is 19.3. The Kier molecular flexibility index (Phi) is 4.21.